The van der Waals surface area contributed by atoms with Gasteiger partial charge >= 0.3 is 6.36 Å². The van der Waals surface area contributed by atoms with Crippen molar-refractivity contribution in [2.45, 2.75) is 20.0 Å². The molecule has 0 fully saturated rings. The first kappa shape index (κ1) is 12.5. The molecule has 1 heterocycles. The van der Waals surface area contributed by atoms with Crippen molar-refractivity contribution in [1.29, 1.82) is 0 Å². The van der Waals surface area contributed by atoms with E-state index in [0.717, 1.165) is 0 Å². The first-order valence-corrected chi connectivity index (χ1v) is 4.88. The standard InChI is InChI=1S/C8H6F4INO/c1-4-5(2-9)3-14-7(13)6(4)15-8(10,11)12/h3H,2H2,1H3. The van der Waals surface area contributed by atoms with Gasteiger partial charge in [-0.2, -0.15) is 0 Å². The highest BCUT2D eigenvalue weighted by molar-refractivity contribution is 14.1. The third-order valence-electron chi connectivity index (χ3n) is 1.71. The van der Waals surface area contributed by atoms with Gasteiger partial charge in [0.25, 0.3) is 0 Å². The van der Waals surface area contributed by atoms with E-state index in [1.807, 2.05) is 0 Å². The predicted molar refractivity (Wildman–Crippen MR) is 53.2 cm³/mol. The smallest absolute Gasteiger partial charge is 0.403 e. The van der Waals surface area contributed by atoms with Crippen LogP contribution < -0.4 is 4.74 Å². The zero-order chi connectivity index (χ0) is 11.6. The molecule has 7 heteroatoms. The van der Waals surface area contributed by atoms with Crippen LogP contribution >= 0.6 is 22.6 Å². The highest BCUT2D eigenvalue weighted by atomic mass is 127. The van der Waals surface area contributed by atoms with Crippen LogP contribution in [0.1, 0.15) is 11.1 Å². The van der Waals surface area contributed by atoms with E-state index in [4.69, 9.17) is 0 Å². The molecule has 0 aromatic carbocycles. The Hall–Kier alpha value is -0.600. The number of pyridine rings is 1. The van der Waals surface area contributed by atoms with Gasteiger partial charge in [-0.25, -0.2) is 9.37 Å². The lowest BCUT2D eigenvalue weighted by atomic mass is 10.2. The first-order valence-electron chi connectivity index (χ1n) is 3.81. The average molecular weight is 335 g/mol. The third-order valence-corrected chi connectivity index (χ3v) is 2.47. The van der Waals surface area contributed by atoms with Crippen molar-refractivity contribution in [3.05, 3.63) is 21.0 Å². The van der Waals surface area contributed by atoms with Gasteiger partial charge in [-0.15, -0.1) is 13.2 Å². The monoisotopic (exact) mass is 335 g/mol. The fourth-order valence-electron chi connectivity index (χ4n) is 0.960. The zero-order valence-corrected chi connectivity index (χ0v) is 9.69. The maximum atomic E-state index is 12.4. The second-order valence-electron chi connectivity index (χ2n) is 2.71. The Balaban J connectivity index is 3.15. The van der Waals surface area contributed by atoms with E-state index in [2.05, 4.69) is 9.72 Å². The van der Waals surface area contributed by atoms with E-state index in [1.165, 1.54) is 13.1 Å². The number of rotatable bonds is 2. The van der Waals surface area contributed by atoms with E-state index in [9.17, 15) is 17.6 Å². The van der Waals surface area contributed by atoms with Gasteiger partial charge in [-0.05, 0) is 29.5 Å². The summed E-state index contributed by atoms with van der Waals surface area (Å²) in [5.74, 6) is -0.432. The largest absolute Gasteiger partial charge is 0.573 e. The number of ether oxygens (including phenoxy) is 1. The third kappa shape index (κ3) is 3.18. The van der Waals surface area contributed by atoms with Crippen LogP contribution in [0.25, 0.3) is 0 Å². The van der Waals surface area contributed by atoms with Gasteiger partial charge in [0, 0.05) is 17.3 Å². The molecule has 0 aliphatic carbocycles. The van der Waals surface area contributed by atoms with Gasteiger partial charge in [0.05, 0.1) is 0 Å². The van der Waals surface area contributed by atoms with Crippen molar-refractivity contribution in [3.8, 4) is 5.75 Å². The molecule has 84 valence electrons. The summed E-state index contributed by atoms with van der Waals surface area (Å²) in [6, 6.07) is 0. The van der Waals surface area contributed by atoms with Crippen LogP contribution in [0.15, 0.2) is 6.20 Å². The van der Waals surface area contributed by atoms with Crippen LogP contribution in [-0.4, -0.2) is 11.3 Å². The summed E-state index contributed by atoms with van der Waals surface area (Å²) in [7, 11) is 0. The number of halogens is 5. The van der Waals surface area contributed by atoms with Crippen molar-refractivity contribution >= 4 is 22.6 Å². The Morgan fingerprint density at radius 1 is 1.47 bits per heavy atom. The molecule has 0 N–H and O–H groups in total. The molecule has 1 aromatic heterocycles. The number of aromatic nitrogens is 1. The van der Waals surface area contributed by atoms with E-state index >= 15 is 0 Å². The summed E-state index contributed by atoms with van der Waals surface area (Å²) in [6.07, 6.45) is -3.60. The molecular weight excluding hydrogens is 329 g/mol. The van der Waals surface area contributed by atoms with Crippen molar-refractivity contribution < 1.29 is 22.3 Å². The Morgan fingerprint density at radius 3 is 2.53 bits per heavy atom. The minimum Gasteiger partial charge on any atom is -0.403 e. The molecule has 1 rings (SSSR count). The molecule has 15 heavy (non-hydrogen) atoms. The lowest BCUT2D eigenvalue weighted by molar-refractivity contribution is -0.275. The van der Waals surface area contributed by atoms with Gasteiger partial charge in [-0.3, -0.25) is 0 Å². The first-order chi connectivity index (χ1) is 6.85. The van der Waals surface area contributed by atoms with E-state index in [0.29, 0.717) is 0 Å². The number of alkyl halides is 4. The van der Waals surface area contributed by atoms with Crippen LogP contribution in [0.4, 0.5) is 17.6 Å². The van der Waals surface area contributed by atoms with E-state index < -0.39 is 18.8 Å². The zero-order valence-electron chi connectivity index (χ0n) is 7.53. The molecule has 0 atom stereocenters. The van der Waals surface area contributed by atoms with Crippen LogP contribution in [0, 0.1) is 10.6 Å². The molecule has 0 saturated carbocycles. The van der Waals surface area contributed by atoms with Crippen LogP contribution in [-0.2, 0) is 6.67 Å². The number of hydrogen-bond donors (Lipinski definition) is 0. The van der Waals surface area contributed by atoms with Gasteiger partial charge < -0.3 is 4.74 Å². The fourth-order valence-corrected chi connectivity index (χ4v) is 1.61. The second kappa shape index (κ2) is 4.50. The Bertz CT molecular complexity index is 366. The minimum atomic E-state index is -4.79. The Labute approximate surface area is 96.8 Å². The maximum Gasteiger partial charge on any atom is 0.573 e. The van der Waals surface area contributed by atoms with Gasteiger partial charge in [0.15, 0.2) is 5.75 Å². The average Bonchev–Trinajstić information content (AvgIpc) is 2.11. The molecule has 0 aliphatic heterocycles. The SMILES string of the molecule is Cc1c(CF)cnc(I)c1OC(F)(F)F. The highest BCUT2D eigenvalue weighted by Gasteiger charge is 2.33. The lowest BCUT2D eigenvalue weighted by Crippen LogP contribution is -2.19. The van der Waals surface area contributed by atoms with Crippen molar-refractivity contribution in [2.24, 2.45) is 0 Å². The fraction of sp³-hybridized carbons (Fsp3) is 0.375. The molecule has 0 spiro atoms. The molecular formula is C8H6F4INO. The molecule has 0 aliphatic rings. The Kier molecular flexibility index (Phi) is 3.74. The van der Waals surface area contributed by atoms with Crippen molar-refractivity contribution in [3.63, 3.8) is 0 Å². The molecule has 1 aromatic rings. The number of hydrogen-bond acceptors (Lipinski definition) is 2. The van der Waals surface area contributed by atoms with Gasteiger partial charge in [-0.1, -0.05) is 0 Å². The summed E-state index contributed by atoms with van der Waals surface area (Å²) < 4.78 is 52.1. The maximum absolute atomic E-state index is 12.4. The van der Waals surface area contributed by atoms with Gasteiger partial charge in [0.2, 0.25) is 0 Å². The Morgan fingerprint density at radius 2 is 2.07 bits per heavy atom. The second-order valence-corrected chi connectivity index (χ2v) is 3.73. The predicted octanol–water partition coefficient (Wildman–Crippen LogP) is 3.36. The summed E-state index contributed by atoms with van der Waals surface area (Å²) in [5.41, 5.74) is 0.212. The molecule has 2 nitrogen and oxygen atoms in total. The van der Waals surface area contributed by atoms with Crippen molar-refractivity contribution in [1.82, 2.24) is 4.98 Å². The lowest BCUT2D eigenvalue weighted by Gasteiger charge is -2.13. The molecule has 0 amide bonds. The number of nitrogens with zero attached hydrogens (tertiary/aromatic N) is 1. The van der Waals surface area contributed by atoms with Gasteiger partial charge in [0.1, 0.15) is 10.4 Å². The molecule has 0 radical (unpaired) electrons. The highest BCUT2D eigenvalue weighted by Crippen LogP contribution is 2.31. The topological polar surface area (TPSA) is 22.1 Å². The summed E-state index contributed by atoms with van der Waals surface area (Å²) in [5, 5.41) is 0. The summed E-state index contributed by atoms with van der Waals surface area (Å²) in [4.78, 5) is 3.62. The molecule has 0 bridgehead atoms. The molecule has 0 saturated heterocycles. The quantitative estimate of drug-likeness (QED) is 0.470. The van der Waals surface area contributed by atoms with Crippen LogP contribution in [0.5, 0.6) is 5.75 Å². The summed E-state index contributed by atoms with van der Waals surface area (Å²) >= 11 is 1.60. The van der Waals surface area contributed by atoms with E-state index in [-0.39, 0.29) is 14.8 Å². The van der Waals surface area contributed by atoms with E-state index in [1.54, 1.807) is 22.6 Å². The minimum absolute atomic E-state index is 0.0552. The normalized spacial score (nSPS) is 11.6. The molecule has 0 unspecified atom stereocenters. The summed E-state index contributed by atoms with van der Waals surface area (Å²) in [6.45, 7) is 0.490. The van der Waals surface area contributed by atoms with Crippen LogP contribution in [0.3, 0.4) is 0 Å². The van der Waals surface area contributed by atoms with Crippen molar-refractivity contribution in [2.75, 3.05) is 0 Å². The van der Waals surface area contributed by atoms with Crippen LogP contribution in [0.2, 0.25) is 0 Å².